The van der Waals surface area contributed by atoms with Crippen molar-refractivity contribution in [2.45, 2.75) is 107 Å². The fourth-order valence-corrected chi connectivity index (χ4v) is 18.6. The highest BCUT2D eigenvalue weighted by atomic mass is 127. The number of aromatic nitrogens is 3. The summed E-state index contributed by atoms with van der Waals surface area (Å²) < 4.78 is 54.4. The first-order chi connectivity index (χ1) is 51.5. The molecule has 26 heteroatoms. The maximum atomic E-state index is 13.1. The van der Waals surface area contributed by atoms with Crippen LogP contribution in [0, 0.1) is 24.9 Å². The second kappa shape index (κ2) is 30.6. The normalized spacial score (nSPS) is 30.4. The number of aliphatic hydroxyl groups excluding tert-OH is 3. The Bertz CT molecular complexity index is 4260. The number of benzene rings is 6. The summed E-state index contributed by atoms with van der Waals surface area (Å²) in [6.45, 7) is 0. The molecule has 4 saturated carbocycles. The lowest BCUT2D eigenvalue weighted by Crippen LogP contribution is -2.52. The van der Waals surface area contributed by atoms with Gasteiger partial charge in [0, 0.05) is 41.5 Å². The predicted octanol–water partition coefficient (Wildman–Crippen LogP) is 9.73. The molecule has 3 aliphatic heterocycles. The largest absolute Gasteiger partial charge is 0.495 e. The standard InChI is InChI=1S/C25H22BrNO6.2C25H22INO6.C6H14N2/c3*1-31-17-12-27-13-18-21(17)24(30)22(28)19(23(29)32-2)20(14-6-4-3-5-7-14)25(24,33-18)15-8-10-16(26)11-9-15;7-5-3-1-2-4-6(5)8/h3*3-13,19-20,22,28,30H,1-2H3;5-6H,1-4,7-8H2/t3*19-,20?,22-,24+,25+;5-,6-/m1110/s1. The quantitative estimate of drug-likeness (QED) is 0.0320. The number of ether oxygens (including phenoxy) is 9. The number of nitrogens with two attached hydrogens (primary N) is 2. The molecule has 9 aromatic rings. The number of carbonyl (C=O) groups excluding carboxylic acids is 3. The van der Waals surface area contributed by atoms with Crippen molar-refractivity contribution >= 4 is 79.0 Å². The Kier molecular flexibility index (Phi) is 21.9. The third-order valence-corrected chi connectivity index (χ3v) is 24.2. The van der Waals surface area contributed by atoms with E-state index in [-0.39, 0.29) is 51.8 Å². The number of hydrogen-bond acceptors (Lipinski definition) is 23. The van der Waals surface area contributed by atoms with Gasteiger partial charge in [0.2, 0.25) is 0 Å². The number of hydrogen-bond donors (Lipinski definition) is 8. The first-order valence-corrected chi connectivity index (χ1v) is 37.5. The molecular formula is C81H80BrI2N5O18. The van der Waals surface area contributed by atoms with Crippen molar-refractivity contribution in [1.82, 2.24) is 15.0 Å². The molecule has 0 saturated heterocycles. The average Bonchev–Trinajstić information content (AvgIpc) is 1.51. The predicted molar refractivity (Wildman–Crippen MR) is 410 cm³/mol. The van der Waals surface area contributed by atoms with Crippen molar-refractivity contribution in [3.63, 3.8) is 0 Å². The van der Waals surface area contributed by atoms with Crippen molar-refractivity contribution in [2.75, 3.05) is 42.7 Å². The van der Waals surface area contributed by atoms with Crippen LogP contribution in [-0.2, 0) is 62.2 Å². The number of aliphatic hydroxyl groups is 6. The summed E-state index contributed by atoms with van der Waals surface area (Å²) in [7, 11) is 8.17. The summed E-state index contributed by atoms with van der Waals surface area (Å²) in [5.74, 6) is -5.94. The van der Waals surface area contributed by atoms with E-state index in [0.717, 1.165) is 35.6 Å². The second-order valence-corrected chi connectivity index (χ2v) is 30.6. The fraction of sp³-hybridized carbons (Fsp3) is 0.333. The van der Waals surface area contributed by atoms with Gasteiger partial charge in [-0.15, -0.1) is 0 Å². The van der Waals surface area contributed by atoms with Crippen LogP contribution in [-0.4, -0.2) is 137 Å². The van der Waals surface area contributed by atoms with Gasteiger partial charge in [-0.1, -0.05) is 156 Å². The maximum Gasteiger partial charge on any atom is 0.312 e. The Morgan fingerprint density at radius 2 is 0.682 bits per heavy atom. The second-order valence-electron chi connectivity index (χ2n) is 27.2. The van der Waals surface area contributed by atoms with Gasteiger partial charge in [0.1, 0.15) is 52.8 Å². The number of nitrogens with zero attached hydrogens (tertiary/aromatic N) is 3. The third-order valence-electron chi connectivity index (χ3n) is 22.2. The number of rotatable bonds is 12. The first-order valence-electron chi connectivity index (χ1n) is 34.5. The molecule has 0 radical (unpaired) electrons. The van der Waals surface area contributed by atoms with Crippen LogP contribution < -0.4 is 39.9 Å². The molecule has 0 bridgehead atoms. The molecule has 23 nitrogen and oxygen atoms in total. The van der Waals surface area contributed by atoms with Gasteiger partial charge in [-0.2, -0.15) is 0 Å². The smallest absolute Gasteiger partial charge is 0.312 e. The van der Waals surface area contributed by atoms with Gasteiger partial charge in [-0.25, -0.2) is 0 Å². The maximum absolute atomic E-state index is 13.1. The van der Waals surface area contributed by atoms with Gasteiger partial charge in [0.15, 0.2) is 33.6 Å². The molecule has 10 N–H and O–H groups in total. The lowest BCUT2D eigenvalue weighted by atomic mass is 9.70. The zero-order valence-corrected chi connectivity index (χ0v) is 64.8. The van der Waals surface area contributed by atoms with E-state index >= 15 is 0 Å². The van der Waals surface area contributed by atoms with Gasteiger partial charge in [0.05, 0.1) is 114 Å². The van der Waals surface area contributed by atoms with Crippen LogP contribution >= 0.6 is 61.1 Å². The molecule has 3 aromatic heterocycles. The molecule has 4 aliphatic carbocycles. The van der Waals surface area contributed by atoms with Crippen molar-refractivity contribution in [3.8, 4) is 34.5 Å². The Balaban J connectivity index is 0.000000134. The zero-order valence-electron chi connectivity index (χ0n) is 58.9. The number of pyridine rings is 3. The van der Waals surface area contributed by atoms with Crippen LogP contribution in [0.25, 0.3) is 0 Å². The van der Waals surface area contributed by atoms with Gasteiger partial charge in [0.25, 0.3) is 0 Å². The SMILES string of the molecule is COC(=O)[C@@H]1C(c2ccccc2)[C@]2(c3ccc(Br)cc3)Oc3cncc(OC)c3[C@]2(O)[C@@H]1O.COC(=O)[C@@H]1C(c2ccccc2)[C@]2(c3ccc(I)cc3)Oc3cncc(OC)c3[C@]2(O)[C@@H]1O.COC(=O)[C@@H]1C(c2ccccc2)[C@]2(c3ccc(I)cc3)Oc3cncc(OC)c3[C@]2(O)[C@@H]1O.N[C@H]1CCCC[C@@H]1N. The minimum absolute atomic E-state index is 0.253. The summed E-state index contributed by atoms with van der Waals surface area (Å²) in [6, 6.07) is 50.6. The van der Waals surface area contributed by atoms with E-state index in [1.807, 2.05) is 164 Å². The molecule has 6 heterocycles. The summed E-state index contributed by atoms with van der Waals surface area (Å²) in [6.07, 6.45) is 8.97. The van der Waals surface area contributed by atoms with E-state index in [2.05, 4.69) is 76.1 Å². The highest BCUT2D eigenvalue weighted by molar-refractivity contribution is 14.1. The highest BCUT2D eigenvalue weighted by Gasteiger charge is 2.81. The van der Waals surface area contributed by atoms with Gasteiger partial charge in [-0.3, -0.25) is 29.3 Å². The molecule has 7 aliphatic rings. The lowest BCUT2D eigenvalue weighted by molar-refractivity contribution is -0.161. The van der Waals surface area contributed by atoms with E-state index in [4.69, 9.17) is 54.1 Å². The number of carbonyl (C=O) groups is 3. The number of esters is 3. The van der Waals surface area contributed by atoms with Crippen molar-refractivity contribution in [2.24, 2.45) is 29.2 Å². The number of halogens is 3. The van der Waals surface area contributed by atoms with Crippen molar-refractivity contribution in [1.29, 1.82) is 0 Å². The summed E-state index contributed by atoms with van der Waals surface area (Å²) >= 11 is 7.84. The van der Waals surface area contributed by atoms with Crippen LogP contribution in [0.4, 0.5) is 0 Å². The third kappa shape index (κ3) is 12.0. The van der Waals surface area contributed by atoms with Crippen molar-refractivity contribution < 1.29 is 87.7 Å². The minimum Gasteiger partial charge on any atom is -0.495 e. The molecule has 6 aromatic carbocycles. The first kappa shape index (κ1) is 76.8. The molecule has 4 fully saturated rings. The molecule has 558 valence electrons. The van der Waals surface area contributed by atoms with Crippen LogP contribution in [0.15, 0.2) is 205 Å². The molecule has 3 unspecified atom stereocenters. The molecule has 17 atom stereocenters. The summed E-state index contributed by atoms with van der Waals surface area (Å²) in [4.78, 5) is 51.8. The van der Waals surface area contributed by atoms with Gasteiger partial charge >= 0.3 is 17.9 Å². The lowest BCUT2D eigenvalue weighted by Gasteiger charge is -2.40. The van der Waals surface area contributed by atoms with Gasteiger partial charge in [-0.05, 0) is 128 Å². The number of methoxy groups -OCH3 is 6. The average molecular weight is 1750 g/mol. The number of fused-ring (bicyclic) bond motifs is 9. The molecular weight excluding hydrogens is 1660 g/mol. The van der Waals surface area contributed by atoms with Crippen LogP contribution in [0.1, 0.15) is 93.5 Å². The fourth-order valence-electron chi connectivity index (χ4n) is 17.7. The molecule has 0 spiro atoms. The van der Waals surface area contributed by atoms with E-state index in [0.29, 0.717) is 33.8 Å². The Labute approximate surface area is 653 Å². The van der Waals surface area contributed by atoms with Crippen LogP contribution in [0.3, 0.4) is 0 Å². The topological polar surface area (TPSA) is 346 Å². The van der Waals surface area contributed by atoms with E-state index in [1.165, 1.54) is 92.7 Å². The van der Waals surface area contributed by atoms with E-state index < -0.39 is 105 Å². The summed E-state index contributed by atoms with van der Waals surface area (Å²) in [5, 5.41) is 72.5. The van der Waals surface area contributed by atoms with Crippen molar-refractivity contribution in [3.05, 3.63) is 263 Å². The Morgan fingerprint density at radius 1 is 0.421 bits per heavy atom. The summed E-state index contributed by atoms with van der Waals surface area (Å²) in [5.41, 5.74) is 5.32. The minimum atomic E-state index is -2.04. The van der Waals surface area contributed by atoms with Crippen LogP contribution in [0.5, 0.6) is 34.5 Å². The van der Waals surface area contributed by atoms with Crippen LogP contribution in [0.2, 0.25) is 0 Å². The Hall–Kier alpha value is -8.40. The van der Waals surface area contributed by atoms with E-state index in [9.17, 15) is 45.0 Å². The van der Waals surface area contributed by atoms with E-state index in [1.54, 1.807) is 0 Å². The highest BCUT2D eigenvalue weighted by Crippen LogP contribution is 2.73. The molecule has 0 amide bonds. The molecule has 16 rings (SSSR count). The molecule has 107 heavy (non-hydrogen) atoms. The zero-order chi connectivity index (χ0) is 76.1. The monoisotopic (exact) mass is 1740 g/mol. The van der Waals surface area contributed by atoms with Gasteiger partial charge < -0.3 is 84.7 Å². The Morgan fingerprint density at radius 3 is 0.925 bits per heavy atom.